The Morgan fingerprint density at radius 2 is 1.56 bits per heavy atom. The summed E-state index contributed by atoms with van der Waals surface area (Å²) in [5.74, 6) is -1.63. The normalized spacial score (nSPS) is 35.1. The summed E-state index contributed by atoms with van der Waals surface area (Å²) in [6, 6.07) is 4.44. The van der Waals surface area contributed by atoms with Crippen LogP contribution in [0.3, 0.4) is 0 Å². The lowest BCUT2D eigenvalue weighted by atomic mass is 9.48. The molecule has 0 bridgehead atoms. The Hall–Kier alpha value is -2.52. The molecule has 0 saturated heterocycles. The van der Waals surface area contributed by atoms with Gasteiger partial charge in [-0.1, -0.05) is 56.7 Å². The van der Waals surface area contributed by atoms with E-state index in [1.165, 1.54) is 29.4 Å². The zero-order chi connectivity index (χ0) is 28.6. The maximum Gasteiger partial charge on any atom is 0.424 e. The van der Waals surface area contributed by atoms with Crippen molar-refractivity contribution in [1.82, 2.24) is 10.2 Å². The molecule has 0 radical (unpaired) electrons. The third-order valence-corrected chi connectivity index (χ3v) is 10.6. The van der Waals surface area contributed by atoms with Gasteiger partial charge in [0.2, 0.25) is 0 Å². The Bertz CT molecular complexity index is 1160. The van der Waals surface area contributed by atoms with Gasteiger partial charge >= 0.3 is 12.4 Å². The average molecular weight is 557 g/mol. The molecule has 39 heavy (non-hydrogen) atoms. The number of rotatable bonds is 3. The Kier molecular flexibility index (Phi) is 6.46. The lowest BCUT2D eigenvalue weighted by Gasteiger charge is -2.60. The highest BCUT2D eigenvalue weighted by Gasteiger charge is 2.73. The predicted molar refractivity (Wildman–Crippen MR) is 132 cm³/mol. The first-order chi connectivity index (χ1) is 18.1. The predicted octanol–water partition coefficient (Wildman–Crippen LogP) is 6.52. The van der Waals surface area contributed by atoms with E-state index in [9.17, 15) is 35.9 Å². The number of nitrogens with one attached hydrogen (secondary N) is 1. The fourth-order valence-corrected chi connectivity index (χ4v) is 8.67. The van der Waals surface area contributed by atoms with E-state index >= 15 is 0 Å². The Balaban J connectivity index is 1.57. The van der Waals surface area contributed by atoms with Crippen LogP contribution in [-0.2, 0) is 15.1 Å². The van der Waals surface area contributed by atoms with Crippen LogP contribution in [0.5, 0.6) is 0 Å². The number of fused-ring (bicyclic) bond motifs is 5. The van der Waals surface area contributed by atoms with Crippen molar-refractivity contribution in [3.63, 3.8) is 0 Å². The molecule has 214 valence electrons. The summed E-state index contributed by atoms with van der Waals surface area (Å²) in [6.45, 7) is 4.23. The second-order valence-corrected chi connectivity index (χ2v) is 12.5. The fourth-order valence-electron chi connectivity index (χ4n) is 8.67. The third kappa shape index (κ3) is 4.02. The van der Waals surface area contributed by atoms with Gasteiger partial charge in [0.1, 0.15) is 5.57 Å². The Labute approximate surface area is 224 Å². The smallest absolute Gasteiger partial charge is 0.338 e. The van der Waals surface area contributed by atoms with Crippen molar-refractivity contribution in [2.24, 2.45) is 28.6 Å². The molecule has 0 aromatic heterocycles. The molecule has 3 saturated carbocycles. The first kappa shape index (κ1) is 28.0. The molecule has 3 aliphatic carbocycles. The second-order valence-electron chi connectivity index (χ2n) is 12.5. The van der Waals surface area contributed by atoms with Crippen molar-refractivity contribution >= 4 is 11.8 Å². The van der Waals surface area contributed by atoms with Gasteiger partial charge in [-0.25, -0.2) is 0 Å². The molecule has 1 N–H and O–H groups in total. The van der Waals surface area contributed by atoms with Crippen molar-refractivity contribution in [1.29, 1.82) is 0 Å². The van der Waals surface area contributed by atoms with E-state index in [4.69, 9.17) is 0 Å². The monoisotopic (exact) mass is 556 g/mol. The number of halogens is 6. The van der Waals surface area contributed by atoms with Crippen LogP contribution in [0.25, 0.3) is 0 Å². The molecule has 1 aliphatic heterocycles. The van der Waals surface area contributed by atoms with Crippen LogP contribution < -0.4 is 5.32 Å². The number of hydrogen-bond acceptors (Lipinski definition) is 2. The number of carbonyl (C=O) groups is 2. The number of nitrogens with zero attached hydrogens (tertiary/aromatic N) is 1. The lowest BCUT2D eigenvalue weighted by Crippen LogP contribution is -2.66. The van der Waals surface area contributed by atoms with Gasteiger partial charge < -0.3 is 10.2 Å². The standard InChI is InChI=1S/C29H34F6N2O2/c1-25-14-7-10-20(25)18-11-12-22-26(2,21(18)13-15-25)16-19(24(39)37(22)3)23(38)36-27(28(30,31)32,29(33,34)35)17-8-5-4-6-9-17/h4-6,8-9,16,18,20-22H,7,10-15H2,1-3H3,(H,36,38)/t18-,20-,21+,22?,25-,26+/m0/s1. The van der Waals surface area contributed by atoms with Crippen LogP contribution in [-0.4, -0.2) is 42.2 Å². The van der Waals surface area contributed by atoms with Gasteiger partial charge in [-0.2, -0.15) is 26.3 Å². The van der Waals surface area contributed by atoms with Gasteiger partial charge in [-0.15, -0.1) is 0 Å². The summed E-state index contributed by atoms with van der Waals surface area (Å²) in [5, 5.41) is 1.27. The molecule has 1 unspecified atom stereocenters. The fraction of sp³-hybridized carbons (Fsp3) is 0.655. The molecule has 5 rings (SSSR count). The third-order valence-electron chi connectivity index (χ3n) is 10.6. The zero-order valence-electron chi connectivity index (χ0n) is 22.3. The molecule has 4 nitrogen and oxygen atoms in total. The van der Waals surface area contributed by atoms with E-state index in [-0.39, 0.29) is 17.4 Å². The Morgan fingerprint density at radius 1 is 0.923 bits per heavy atom. The largest absolute Gasteiger partial charge is 0.424 e. The Morgan fingerprint density at radius 3 is 2.18 bits per heavy atom. The summed E-state index contributed by atoms with van der Waals surface area (Å²) in [6.07, 6.45) is -3.63. The molecule has 0 spiro atoms. The van der Waals surface area contributed by atoms with Crippen LogP contribution in [0.4, 0.5) is 26.3 Å². The maximum atomic E-state index is 14.3. The molecule has 1 aromatic rings. The number of benzene rings is 1. The van der Waals surface area contributed by atoms with Crippen LogP contribution in [0.15, 0.2) is 42.0 Å². The zero-order valence-corrected chi connectivity index (χ0v) is 22.3. The quantitative estimate of drug-likeness (QED) is 0.340. The number of alkyl halides is 6. The van der Waals surface area contributed by atoms with Crippen molar-refractivity contribution in [2.45, 2.75) is 82.7 Å². The number of amides is 2. The highest BCUT2D eigenvalue weighted by molar-refractivity contribution is 6.19. The molecule has 3 fully saturated rings. The van der Waals surface area contributed by atoms with Crippen LogP contribution in [0.2, 0.25) is 0 Å². The van der Waals surface area contributed by atoms with Crippen molar-refractivity contribution in [2.75, 3.05) is 7.05 Å². The first-order valence-electron chi connectivity index (χ1n) is 13.6. The van der Waals surface area contributed by atoms with Crippen molar-refractivity contribution in [3.8, 4) is 0 Å². The molecule has 1 heterocycles. The van der Waals surface area contributed by atoms with E-state index in [0.717, 1.165) is 50.7 Å². The van der Waals surface area contributed by atoms with E-state index < -0.39 is 46.3 Å². The van der Waals surface area contributed by atoms with Gasteiger partial charge in [0.25, 0.3) is 17.4 Å². The van der Waals surface area contributed by atoms with Crippen LogP contribution in [0.1, 0.15) is 64.4 Å². The topological polar surface area (TPSA) is 49.4 Å². The van der Waals surface area contributed by atoms with Gasteiger partial charge in [-0.05, 0) is 67.3 Å². The van der Waals surface area contributed by atoms with Gasteiger partial charge in [0.15, 0.2) is 0 Å². The van der Waals surface area contributed by atoms with Gasteiger partial charge in [-0.3, -0.25) is 9.59 Å². The summed E-state index contributed by atoms with van der Waals surface area (Å²) in [5.41, 5.74) is -7.02. The van der Waals surface area contributed by atoms with Gasteiger partial charge in [0.05, 0.1) is 0 Å². The SMILES string of the molecule is CN1C(=O)C(C(=O)NC(c2ccccc2)(C(F)(F)F)C(F)(F)F)=C[C@@]2(C)C1CC[C@@H]1[C@H]2CC[C@]2(C)CCC[C@@H]12. The number of likely N-dealkylation sites (N-methyl/N-ethyl adjacent to an activating group) is 1. The summed E-state index contributed by atoms with van der Waals surface area (Å²) in [7, 11) is 1.49. The van der Waals surface area contributed by atoms with E-state index in [1.807, 2.05) is 6.92 Å². The number of carbonyl (C=O) groups excluding carboxylic acids is 2. The summed E-state index contributed by atoms with van der Waals surface area (Å²) >= 11 is 0. The highest BCUT2D eigenvalue weighted by atomic mass is 19.4. The molecule has 2 amide bonds. The molecule has 6 atom stereocenters. The molecule has 10 heteroatoms. The minimum absolute atomic E-state index is 0.0786. The van der Waals surface area contributed by atoms with E-state index in [2.05, 4.69) is 6.92 Å². The van der Waals surface area contributed by atoms with E-state index in [1.54, 1.807) is 0 Å². The lowest BCUT2D eigenvalue weighted by molar-refractivity contribution is -0.311. The minimum Gasteiger partial charge on any atom is -0.338 e. The molecule has 4 aliphatic rings. The average Bonchev–Trinajstić information content (AvgIpc) is 3.25. The second kappa shape index (κ2) is 8.99. The van der Waals surface area contributed by atoms with Crippen LogP contribution >= 0.6 is 0 Å². The first-order valence-corrected chi connectivity index (χ1v) is 13.6. The van der Waals surface area contributed by atoms with Crippen molar-refractivity contribution < 1.29 is 35.9 Å². The van der Waals surface area contributed by atoms with Crippen molar-refractivity contribution in [3.05, 3.63) is 47.5 Å². The molecular weight excluding hydrogens is 522 g/mol. The van der Waals surface area contributed by atoms with Gasteiger partial charge in [0, 0.05) is 18.5 Å². The maximum absolute atomic E-state index is 14.3. The minimum atomic E-state index is -5.93. The number of hydrogen-bond donors (Lipinski definition) is 1. The highest BCUT2D eigenvalue weighted by Crippen LogP contribution is 2.64. The van der Waals surface area contributed by atoms with E-state index in [0.29, 0.717) is 30.4 Å². The summed E-state index contributed by atoms with van der Waals surface area (Å²) in [4.78, 5) is 28.1. The molecule has 1 aromatic carbocycles. The van der Waals surface area contributed by atoms with Crippen LogP contribution in [0, 0.1) is 28.6 Å². The summed E-state index contributed by atoms with van der Waals surface area (Å²) < 4.78 is 86.0. The molecular formula is C29H34F6N2O2.